The highest BCUT2D eigenvalue weighted by Crippen LogP contribution is 2.23. The van der Waals surface area contributed by atoms with E-state index in [0.717, 1.165) is 14.3 Å². The molecular formula is C19H14INO4. The molecule has 6 heteroatoms. The first-order valence-electron chi connectivity index (χ1n) is 7.48. The normalized spacial score (nSPS) is 10.4. The Hall–Kier alpha value is -2.61. The predicted molar refractivity (Wildman–Crippen MR) is 104 cm³/mol. The van der Waals surface area contributed by atoms with Crippen LogP contribution < -0.4 is 5.32 Å². The Morgan fingerprint density at radius 3 is 2.64 bits per heavy atom. The molecular weight excluding hydrogens is 433 g/mol. The third-order valence-corrected chi connectivity index (χ3v) is 4.25. The summed E-state index contributed by atoms with van der Waals surface area (Å²) in [5.41, 5.74) is 0.682. The lowest BCUT2D eigenvalue weighted by Gasteiger charge is -2.10. The number of ether oxygens (including phenoxy) is 1. The highest BCUT2D eigenvalue weighted by Gasteiger charge is 2.15. The van der Waals surface area contributed by atoms with Crippen LogP contribution in [0, 0.1) is 3.57 Å². The molecule has 0 aliphatic rings. The number of fused-ring (bicyclic) bond motifs is 1. The van der Waals surface area contributed by atoms with E-state index in [2.05, 4.69) is 5.32 Å². The van der Waals surface area contributed by atoms with Crippen molar-refractivity contribution in [1.29, 1.82) is 0 Å². The topological polar surface area (TPSA) is 75.6 Å². The number of benzene rings is 3. The monoisotopic (exact) mass is 447 g/mol. The molecule has 0 aliphatic carbocycles. The Morgan fingerprint density at radius 1 is 1.04 bits per heavy atom. The van der Waals surface area contributed by atoms with Crippen molar-refractivity contribution in [3.05, 3.63) is 69.8 Å². The summed E-state index contributed by atoms with van der Waals surface area (Å²) < 4.78 is 5.78. The predicted octanol–water partition coefficient (Wildman–Crippen LogP) is 3.95. The Kier molecular flexibility index (Phi) is 5.18. The standard InChI is InChI=1S/C19H14INO4/c20-13-8-9-17(22)15(10-13)19(24)25-11-18(23)21-16-7-3-5-12-4-1-2-6-14(12)16/h1-10,22H,11H2,(H,21,23). The second-order valence-corrected chi connectivity index (χ2v) is 6.56. The second kappa shape index (κ2) is 7.52. The van der Waals surface area contributed by atoms with Gasteiger partial charge in [-0.05, 0) is 52.2 Å². The number of amides is 1. The number of carbonyl (C=O) groups is 2. The van der Waals surface area contributed by atoms with E-state index in [4.69, 9.17) is 4.74 Å². The number of hydrogen-bond acceptors (Lipinski definition) is 4. The molecule has 3 aromatic rings. The van der Waals surface area contributed by atoms with Crippen molar-refractivity contribution in [2.45, 2.75) is 0 Å². The number of esters is 1. The van der Waals surface area contributed by atoms with E-state index in [-0.39, 0.29) is 11.3 Å². The van der Waals surface area contributed by atoms with Gasteiger partial charge < -0.3 is 15.2 Å². The van der Waals surface area contributed by atoms with Crippen molar-refractivity contribution in [2.75, 3.05) is 11.9 Å². The summed E-state index contributed by atoms with van der Waals surface area (Å²) >= 11 is 2.02. The molecule has 0 spiro atoms. The van der Waals surface area contributed by atoms with Gasteiger partial charge in [0.25, 0.3) is 5.91 Å². The first-order valence-corrected chi connectivity index (χ1v) is 8.56. The van der Waals surface area contributed by atoms with Crippen molar-refractivity contribution in [1.82, 2.24) is 0 Å². The van der Waals surface area contributed by atoms with E-state index in [1.165, 1.54) is 12.1 Å². The summed E-state index contributed by atoms with van der Waals surface area (Å²) in [7, 11) is 0. The quantitative estimate of drug-likeness (QED) is 0.470. The summed E-state index contributed by atoms with van der Waals surface area (Å²) in [5.74, 6) is -1.38. The zero-order valence-electron chi connectivity index (χ0n) is 13.0. The van der Waals surface area contributed by atoms with Gasteiger partial charge in [0.1, 0.15) is 11.3 Å². The fourth-order valence-electron chi connectivity index (χ4n) is 2.40. The summed E-state index contributed by atoms with van der Waals surface area (Å²) in [6.07, 6.45) is 0. The van der Waals surface area contributed by atoms with E-state index in [9.17, 15) is 14.7 Å². The SMILES string of the molecule is O=C(COC(=O)c1cc(I)ccc1O)Nc1cccc2ccccc12. The summed E-state index contributed by atoms with van der Waals surface area (Å²) in [6, 6.07) is 17.8. The second-order valence-electron chi connectivity index (χ2n) is 5.31. The van der Waals surface area contributed by atoms with Crippen LogP contribution in [0.5, 0.6) is 5.75 Å². The number of carbonyl (C=O) groups excluding carboxylic acids is 2. The molecule has 0 radical (unpaired) electrons. The highest BCUT2D eigenvalue weighted by atomic mass is 127. The third kappa shape index (κ3) is 4.08. The van der Waals surface area contributed by atoms with Gasteiger partial charge in [0.05, 0.1) is 0 Å². The Labute approximate surface area is 157 Å². The smallest absolute Gasteiger partial charge is 0.342 e. The lowest BCUT2D eigenvalue weighted by molar-refractivity contribution is -0.119. The number of anilines is 1. The Bertz CT molecular complexity index is 950. The van der Waals surface area contributed by atoms with Gasteiger partial charge in [0, 0.05) is 14.6 Å². The number of halogens is 1. The van der Waals surface area contributed by atoms with Crippen molar-refractivity contribution in [3.8, 4) is 5.75 Å². The molecule has 0 atom stereocenters. The molecule has 2 N–H and O–H groups in total. The summed E-state index contributed by atoms with van der Waals surface area (Å²) in [6.45, 7) is -0.438. The summed E-state index contributed by atoms with van der Waals surface area (Å²) in [5, 5.41) is 14.4. The largest absolute Gasteiger partial charge is 0.507 e. The molecule has 5 nitrogen and oxygen atoms in total. The van der Waals surface area contributed by atoms with Crippen molar-refractivity contribution < 1.29 is 19.4 Å². The Morgan fingerprint density at radius 2 is 1.80 bits per heavy atom. The molecule has 0 saturated heterocycles. The molecule has 126 valence electrons. The van der Waals surface area contributed by atoms with Crippen LogP contribution in [0.1, 0.15) is 10.4 Å². The van der Waals surface area contributed by atoms with Crippen molar-refractivity contribution in [2.24, 2.45) is 0 Å². The maximum Gasteiger partial charge on any atom is 0.342 e. The van der Waals surface area contributed by atoms with Crippen LogP contribution in [0.4, 0.5) is 5.69 Å². The first kappa shape index (κ1) is 17.2. The van der Waals surface area contributed by atoms with E-state index >= 15 is 0 Å². The fourth-order valence-corrected chi connectivity index (χ4v) is 2.89. The molecule has 25 heavy (non-hydrogen) atoms. The number of aromatic hydroxyl groups is 1. The van der Waals surface area contributed by atoms with E-state index < -0.39 is 18.5 Å². The molecule has 0 bridgehead atoms. The molecule has 3 rings (SSSR count). The fraction of sp³-hybridized carbons (Fsp3) is 0.0526. The zero-order valence-corrected chi connectivity index (χ0v) is 15.2. The Balaban J connectivity index is 1.66. The van der Waals surface area contributed by atoms with Gasteiger partial charge >= 0.3 is 5.97 Å². The van der Waals surface area contributed by atoms with Gasteiger partial charge in [-0.3, -0.25) is 4.79 Å². The van der Waals surface area contributed by atoms with Gasteiger partial charge in [-0.25, -0.2) is 4.79 Å². The lowest BCUT2D eigenvalue weighted by Crippen LogP contribution is -2.21. The van der Waals surface area contributed by atoms with Crippen LogP contribution in [0.25, 0.3) is 10.8 Å². The number of hydrogen-bond donors (Lipinski definition) is 2. The zero-order chi connectivity index (χ0) is 17.8. The highest BCUT2D eigenvalue weighted by molar-refractivity contribution is 14.1. The van der Waals surface area contributed by atoms with Gasteiger partial charge in [0.2, 0.25) is 0 Å². The van der Waals surface area contributed by atoms with E-state index in [0.29, 0.717) is 5.69 Å². The van der Waals surface area contributed by atoms with Crippen molar-refractivity contribution in [3.63, 3.8) is 0 Å². The van der Waals surface area contributed by atoms with Crippen molar-refractivity contribution >= 4 is 50.9 Å². The van der Waals surface area contributed by atoms with Gasteiger partial charge in [-0.1, -0.05) is 36.4 Å². The summed E-state index contributed by atoms with van der Waals surface area (Å²) in [4.78, 5) is 24.1. The average molecular weight is 447 g/mol. The molecule has 0 heterocycles. The number of phenolic OH excluding ortho intramolecular Hbond substituents is 1. The maximum atomic E-state index is 12.1. The molecule has 1 amide bonds. The van der Waals surface area contributed by atoms with Crippen LogP contribution in [-0.4, -0.2) is 23.6 Å². The number of rotatable bonds is 4. The lowest BCUT2D eigenvalue weighted by atomic mass is 10.1. The number of nitrogens with one attached hydrogen (secondary N) is 1. The van der Waals surface area contributed by atoms with Gasteiger partial charge in [0.15, 0.2) is 6.61 Å². The molecule has 0 aromatic heterocycles. The molecule has 0 fully saturated rings. The average Bonchev–Trinajstić information content (AvgIpc) is 2.62. The third-order valence-electron chi connectivity index (χ3n) is 3.58. The van der Waals surface area contributed by atoms with Crippen LogP contribution in [0.15, 0.2) is 60.7 Å². The molecule has 0 aliphatic heterocycles. The van der Waals surface area contributed by atoms with E-state index in [1.807, 2.05) is 59.0 Å². The minimum absolute atomic E-state index is 0.0323. The van der Waals surface area contributed by atoms with Crippen LogP contribution in [0.2, 0.25) is 0 Å². The molecule has 0 saturated carbocycles. The minimum atomic E-state index is -0.746. The van der Waals surface area contributed by atoms with Gasteiger partial charge in [-0.2, -0.15) is 0 Å². The minimum Gasteiger partial charge on any atom is -0.507 e. The maximum absolute atomic E-state index is 12.1. The first-order chi connectivity index (χ1) is 12.0. The van der Waals surface area contributed by atoms with Crippen LogP contribution in [0.3, 0.4) is 0 Å². The molecule has 3 aromatic carbocycles. The molecule has 0 unspecified atom stereocenters. The number of phenols is 1. The van der Waals surface area contributed by atoms with E-state index in [1.54, 1.807) is 12.1 Å². The van der Waals surface area contributed by atoms with Crippen LogP contribution >= 0.6 is 22.6 Å². The van der Waals surface area contributed by atoms with Gasteiger partial charge in [-0.15, -0.1) is 0 Å². The van der Waals surface area contributed by atoms with Crippen LogP contribution in [-0.2, 0) is 9.53 Å².